The van der Waals surface area contributed by atoms with Crippen molar-refractivity contribution in [1.82, 2.24) is 0 Å². The largest absolute Gasteiger partial charge is 0.462 e. The van der Waals surface area contributed by atoms with Crippen LogP contribution in [0, 0.1) is 0 Å². The summed E-state index contributed by atoms with van der Waals surface area (Å²) in [6.07, 6.45) is 45.0. The molecule has 0 aromatic carbocycles. The first kappa shape index (κ1) is 63.9. The van der Waals surface area contributed by atoms with E-state index in [0.29, 0.717) is 19.3 Å². The fraction of sp³-hybridized carbons (Fsp3) is 0.855. The van der Waals surface area contributed by atoms with E-state index in [-0.39, 0.29) is 19.4 Å². The molecule has 0 saturated carbocycles. The van der Waals surface area contributed by atoms with Crippen LogP contribution in [0.5, 0.6) is 0 Å². The lowest BCUT2D eigenvalue weighted by molar-refractivity contribution is -0.297. The van der Waals surface area contributed by atoms with Gasteiger partial charge in [-0.25, -0.2) is 0 Å². The summed E-state index contributed by atoms with van der Waals surface area (Å²) in [7, 11) is -4.61. The molecule has 0 radical (unpaired) electrons. The second-order valence-electron chi connectivity index (χ2n) is 19.2. The van der Waals surface area contributed by atoms with E-state index in [1.54, 1.807) is 0 Å². The zero-order valence-electron chi connectivity index (χ0n) is 43.0. The number of aliphatic hydroxyl groups excluding tert-OH is 3. The van der Waals surface area contributed by atoms with Crippen LogP contribution >= 0.6 is 0 Å². The van der Waals surface area contributed by atoms with Gasteiger partial charge in [0, 0.05) is 12.8 Å². The third kappa shape index (κ3) is 38.6. The average molecular weight is 985 g/mol. The van der Waals surface area contributed by atoms with Crippen molar-refractivity contribution in [3.63, 3.8) is 0 Å². The number of esters is 2. The molecule has 12 nitrogen and oxygen atoms in total. The monoisotopic (exact) mass is 985 g/mol. The zero-order chi connectivity index (χ0) is 49.8. The maximum absolute atomic E-state index is 12.9. The molecule has 6 atom stereocenters. The molecule has 1 saturated heterocycles. The van der Waals surface area contributed by atoms with Crippen LogP contribution in [0.3, 0.4) is 0 Å². The van der Waals surface area contributed by atoms with Gasteiger partial charge in [-0.05, 0) is 57.8 Å². The number of carbonyl (C=O) groups excluding carboxylic acids is 2. The summed E-state index contributed by atoms with van der Waals surface area (Å²) in [5.41, 5.74) is 0. The van der Waals surface area contributed by atoms with Crippen LogP contribution in [0.2, 0.25) is 0 Å². The maximum Gasteiger partial charge on any atom is 0.306 e. The molecule has 13 heteroatoms. The fourth-order valence-corrected chi connectivity index (χ4v) is 9.12. The molecule has 1 fully saturated rings. The number of unbranched alkanes of at least 4 members (excludes halogenated alkanes) is 29. The lowest BCUT2D eigenvalue weighted by atomic mass is 10.00. The van der Waals surface area contributed by atoms with Crippen molar-refractivity contribution >= 4 is 22.1 Å². The smallest absolute Gasteiger partial charge is 0.306 e. The third-order valence-corrected chi connectivity index (χ3v) is 13.4. The van der Waals surface area contributed by atoms with Crippen LogP contribution in [-0.2, 0) is 38.7 Å². The molecule has 1 heterocycles. The Morgan fingerprint density at radius 1 is 0.500 bits per heavy atom. The third-order valence-electron chi connectivity index (χ3n) is 12.7. The van der Waals surface area contributed by atoms with Crippen molar-refractivity contribution in [1.29, 1.82) is 0 Å². The van der Waals surface area contributed by atoms with Gasteiger partial charge in [-0.15, -0.1) is 0 Å². The summed E-state index contributed by atoms with van der Waals surface area (Å²) < 4.78 is 54.2. The highest BCUT2D eigenvalue weighted by Gasteiger charge is 2.46. The quantitative estimate of drug-likeness (QED) is 0.0196. The van der Waals surface area contributed by atoms with Gasteiger partial charge in [-0.3, -0.25) is 14.1 Å². The molecular weight excluding hydrogens is 885 g/mol. The van der Waals surface area contributed by atoms with Crippen LogP contribution in [0.15, 0.2) is 36.5 Å². The van der Waals surface area contributed by atoms with Crippen molar-refractivity contribution in [2.75, 3.05) is 19.0 Å². The molecule has 68 heavy (non-hydrogen) atoms. The maximum atomic E-state index is 12.9. The van der Waals surface area contributed by atoms with Crippen molar-refractivity contribution in [2.45, 2.75) is 282 Å². The Morgan fingerprint density at radius 3 is 1.31 bits per heavy atom. The van der Waals surface area contributed by atoms with E-state index in [1.165, 1.54) is 167 Å². The zero-order valence-corrected chi connectivity index (χ0v) is 43.8. The van der Waals surface area contributed by atoms with Crippen molar-refractivity contribution in [3.05, 3.63) is 36.5 Å². The predicted octanol–water partition coefficient (Wildman–Crippen LogP) is 12.9. The highest BCUT2D eigenvalue weighted by molar-refractivity contribution is 7.85. The Morgan fingerprint density at radius 2 is 0.882 bits per heavy atom. The summed E-state index contributed by atoms with van der Waals surface area (Å²) >= 11 is 0. The van der Waals surface area contributed by atoms with Gasteiger partial charge in [-0.2, -0.15) is 8.42 Å². The minimum atomic E-state index is -4.61. The SMILES string of the molecule is CCCCCCCCCCC/C=C/C/C=C/CCCC(=O)O[C@H](COC(=O)CCC/C=C/CCCCCCCCCCCCCCCCCCCC)CO[C@H]1O[C@H](CS(=O)(=O)O)[C@@H](O)C(O)C1O. The molecule has 0 spiro atoms. The highest BCUT2D eigenvalue weighted by atomic mass is 32.2. The summed E-state index contributed by atoms with van der Waals surface area (Å²) in [6, 6.07) is 0. The number of hydrogen-bond donors (Lipinski definition) is 4. The standard InChI is InChI=1S/C55H100O12S/c1-3-5-7-9-11-13-15-17-19-21-22-23-24-25-26-28-29-31-33-35-37-39-41-43-50(56)64-45-48(46-65-55-54(60)53(59)52(58)49(67-55)47-68(61,62)63)66-51(57)44-42-40-38-36-34-32-30-27-20-18-16-14-12-10-8-6-4-2/h30,32,35-38,48-49,52-55,58-60H,3-29,31,33-34,39-47H2,1-2H3,(H,61,62,63)/b32-30+,37-35+,38-36+/t48-,49-,52-,53?,54?,55+/m1/s1. The highest BCUT2D eigenvalue weighted by Crippen LogP contribution is 2.24. The van der Waals surface area contributed by atoms with E-state index in [0.717, 1.165) is 32.1 Å². The van der Waals surface area contributed by atoms with Crippen LogP contribution in [0.25, 0.3) is 0 Å². The van der Waals surface area contributed by atoms with E-state index in [4.69, 9.17) is 18.9 Å². The minimum Gasteiger partial charge on any atom is -0.462 e. The Balaban J connectivity index is 2.36. The number of carbonyl (C=O) groups is 2. The fourth-order valence-electron chi connectivity index (χ4n) is 8.43. The van der Waals surface area contributed by atoms with Crippen molar-refractivity contribution in [2.24, 2.45) is 0 Å². The van der Waals surface area contributed by atoms with Crippen LogP contribution < -0.4 is 0 Å². The van der Waals surface area contributed by atoms with Crippen LogP contribution in [0.4, 0.5) is 0 Å². The topological polar surface area (TPSA) is 186 Å². The predicted molar refractivity (Wildman–Crippen MR) is 275 cm³/mol. The van der Waals surface area contributed by atoms with Gasteiger partial charge >= 0.3 is 11.9 Å². The summed E-state index contributed by atoms with van der Waals surface area (Å²) in [4.78, 5) is 25.5. The molecule has 4 N–H and O–H groups in total. The second kappa shape index (κ2) is 44.8. The van der Waals surface area contributed by atoms with Gasteiger partial charge in [0.05, 0.1) is 6.61 Å². The van der Waals surface area contributed by atoms with Crippen molar-refractivity contribution < 1.29 is 56.8 Å². The normalized spacial score (nSPS) is 19.4. The lowest BCUT2D eigenvalue weighted by Gasteiger charge is -2.40. The molecule has 1 rings (SSSR count). The molecule has 0 bridgehead atoms. The minimum absolute atomic E-state index is 0.0962. The molecular formula is C55H100O12S. The Kier molecular flexibility index (Phi) is 42.1. The molecule has 0 aromatic heterocycles. The van der Waals surface area contributed by atoms with Gasteiger partial charge in [0.15, 0.2) is 12.4 Å². The molecule has 0 aromatic rings. The van der Waals surface area contributed by atoms with Gasteiger partial charge < -0.3 is 34.3 Å². The molecule has 2 unspecified atom stereocenters. The Hall–Kier alpha value is -2.13. The van der Waals surface area contributed by atoms with Crippen molar-refractivity contribution in [3.8, 4) is 0 Å². The van der Waals surface area contributed by atoms with Crippen LogP contribution in [-0.4, -0.2) is 96.0 Å². The first-order valence-corrected chi connectivity index (χ1v) is 29.2. The molecule has 0 aliphatic carbocycles. The Labute approximate surface area is 414 Å². The van der Waals surface area contributed by atoms with E-state index in [1.807, 2.05) is 6.08 Å². The molecule has 0 amide bonds. The number of hydrogen-bond acceptors (Lipinski definition) is 11. The summed E-state index contributed by atoms with van der Waals surface area (Å²) in [5.74, 6) is -2.07. The van der Waals surface area contributed by atoms with Gasteiger partial charge in [0.25, 0.3) is 10.1 Å². The van der Waals surface area contributed by atoms with E-state index < -0.39 is 71.2 Å². The van der Waals surface area contributed by atoms with Crippen LogP contribution in [0.1, 0.15) is 245 Å². The number of rotatable bonds is 47. The van der Waals surface area contributed by atoms with Gasteiger partial charge in [-0.1, -0.05) is 211 Å². The average Bonchev–Trinajstić information content (AvgIpc) is 3.31. The first-order valence-electron chi connectivity index (χ1n) is 27.5. The number of allylic oxidation sites excluding steroid dienone is 6. The van der Waals surface area contributed by atoms with E-state index in [9.17, 15) is 37.9 Å². The second-order valence-corrected chi connectivity index (χ2v) is 20.7. The summed E-state index contributed by atoms with van der Waals surface area (Å²) in [5, 5.41) is 31.0. The molecule has 1 aliphatic heterocycles. The first-order chi connectivity index (χ1) is 33.0. The number of aliphatic hydroxyl groups is 3. The molecule has 1 aliphatic rings. The van der Waals surface area contributed by atoms with E-state index >= 15 is 0 Å². The summed E-state index contributed by atoms with van der Waals surface area (Å²) in [6.45, 7) is 3.74. The van der Waals surface area contributed by atoms with E-state index in [2.05, 4.69) is 44.2 Å². The van der Waals surface area contributed by atoms with Gasteiger partial charge in [0.2, 0.25) is 0 Å². The van der Waals surface area contributed by atoms with Gasteiger partial charge in [0.1, 0.15) is 36.8 Å². The number of ether oxygens (including phenoxy) is 4. The lowest BCUT2D eigenvalue weighted by Crippen LogP contribution is -2.60. The molecule has 398 valence electrons. The Bertz CT molecular complexity index is 1380.